The number of nitrogens with zero attached hydrogens (tertiary/aromatic N) is 2. The summed E-state index contributed by atoms with van der Waals surface area (Å²) in [6.45, 7) is 3.52. The average molecular weight is 540 g/mol. The Morgan fingerprint density at radius 3 is 2.03 bits per heavy atom. The van der Waals surface area contributed by atoms with E-state index in [-0.39, 0.29) is 24.6 Å². The van der Waals surface area contributed by atoms with Gasteiger partial charge in [-0.05, 0) is 67.8 Å². The van der Waals surface area contributed by atoms with Crippen LogP contribution in [0.1, 0.15) is 26.2 Å². The molecule has 0 bridgehead atoms. The molecule has 1 N–H and O–H groups in total. The fraction of sp³-hybridized carbons (Fsp3) is 0.458. The maximum atomic E-state index is 12.6. The second kappa shape index (κ2) is 12.4. The number of nitrogens with one attached hydrogen (secondary N) is 1. The smallest absolute Gasteiger partial charge is 0.243 e. The van der Waals surface area contributed by atoms with Gasteiger partial charge in [-0.25, -0.2) is 16.8 Å². The van der Waals surface area contributed by atoms with Crippen LogP contribution >= 0.6 is 0 Å². The van der Waals surface area contributed by atoms with Gasteiger partial charge in [0.25, 0.3) is 0 Å². The molecular formula is C24H33N3O7S2. The van der Waals surface area contributed by atoms with Gasteiger partial charge in [-0.1, -0.05) is 6.92 Å². The lowest BCUT2D eigenvalue weighted by Crippen LogP contribution is -2.41. The van der Waals surface area contributed by atoms with Crippen LogP contribution in [0.15, 0.2) is 53.4 Å². The molecule has 0 atom stereocenters. The fourth-order valence-corrected chi connectivity index (χ4v) is 6.03. The quantitative estimate of drug-likeness (QED) is 0.387. The number of hydrogen-bond donors (Lipinski definition) is 1. The first kappa shape index (κ1) is 27.8. The second-order valence-corrected chi connectivity index (χ2v) is 12.2. The Kier molecular flexibility index (Phi) is 9.57. The lowest BCUT2D eigenvalue weighted by molar-refractivity contribution is -0.119. The van der Waals surface area contributed by atoms with Gasteiger partial charge in [0, 0.05) is 13.1 Å². The zero-order valence-corrected chi connectivity index (χ0v) is 22.2. The van der Waals surface area contributed by atoms with E-state index >= 15 is 0 Å². The molecule has 0 radical (unpaired) electrons. The first-order valence-corrected chi connectivity index (χ1v) is 15.1. The Morgan fingerprint density at radius 2 is 1.47 bits per heavy atom. The van der Waals surface area contributed by atoms with Crippen LogP contribution in [-0.2, 0) is 24.8 Å². The van der Waals surface area contributed by atoms with Crippen molar-refractivity contribution in [2.24, 2.45) is 0 Å². The predicted molar refractivity (Wildman–Crippen MR) is 137 cm³/mol. The van der Waals surface area contributed by atoms with Crippen molar-refractivity contribution >= 4 is 31.6 Å². The summed E-state index contributed by atoms with van der Waals surface area (Å²) in [4.78, 5) is 12.6. The van der Waals surface area contributed by atoms with Crippen molar-refractivity contribution in [3.05, 3.63) is 48.5 Å². The van der Waals surface area contributed by atoms with Crippen molar-refractivity contribution in [1.29, 1.82) is 0 Å². The van der Waals surface area contributed by atoms with E-state index in [4.69, 9.17) is 9.47 Å². The van der Waals surface area contributed by atoms with Crippen molar-refractivity contribution in [3.8, 4) is 11.5 Å². The molecule has 0 unspecified atom stereocenters. The Labute approximate surface area is 213 Å². The van der Waals surface area contributed by atoms with E-state index in [1.54, 1.807) is 36.4 Å². The van der Waals surface area contributed by atoms with Gasteiger partial charge in [-0.15, -0.1) is 0 Å². The highest BCUT2D eigenvalue weighted by Crippen LogP contribution is 2.23. The van der Waals surface area contributed by atoms with Gasteiger partial charge in [0.15, 0.2) is 0 Å². The van der Waals surface area contributed by atoms with Crippen LogP contribution in [0, 0.1) is 0 Å². The Bertz CT molecular complexity index is 1210. The predicted octanol–water partition coefficient (Wildman–Crippen LogP) is 2.22. The molecule has 1 fully saturated rings. The lowest BCUT2D eigenvalue weighted by Gasteiger charge is -2.22. The molecule has 1 heterocycles. The summed E-state index contributed by atoms with van der Waals surface area (Å²) in [6.07, 6.45) is 3.63. The minimum atomic E-state index is -3.69. The molecule has 0 saturated carbocycles. The minimum Gasteiger partial charge on any atom is -0.494 e. The normalized spacial score (nSPS) is 14.4. The van der Waals surface area contributed by atoms with E-state index in [1.165, 1.54) is 16.4 Å². The maximum absolute atomic E-state index is 12.6. The summed E-state index contributed by atoms with van der Waals surface area (Å²) in [5.41, 5.74) is 0.358. The number of rotatable bonds is 13. The summed E-state index contributed by atoms with van der Waals surface area (Å²) in [7, 11) is -7.18. The summed E-state index contributed by atoms with van der Waals surface area (Å²) < 4.78 is 63.3. The highest BCUT2D eigenvalue weighted by molar-refractivity contribution is 7.92. The number of carbonyl (C=O) groups is 1. The monoisotopic (exact) mass is 539 g/mol. The highest BCUT2D eigenvalue weighted by atomic mass is 32.2. The zero-order valence-electron chi connectivity index (χ0n) is 20.6. The standard InChI is InChI=1S/C24H33N3O7S2/c1-3-17-33-21-8-6-20(7-9-21)27(35(2,29)30)19-24(28)25-14-18-34-22-10-12-23(13-11-22)36(31,32)26-15-4-5-16-26/h6-13H,3-5,14-19H2,1-2H3,(H,25,28). The number of benzene rings is 2. The van der Waals surface area contributed by atoms with Crippen molar-refractivity contribution in [2.75, 3.05) is 50.0 Å². The van der Waals surface area contributed by atoms with Crippen LogP contribution in [0.2, 0.25) is 0 Å². The van der Waals surface area contributed by atoms with E-state index in [2.05, 4.69) is 5.32 Å². The molecule has 36 heavy (non-hydrogen) atoms. The van der Waals surface area contributed by atoms with Gasteiger partial charge in [0.2, 0.25) is 26.0 Å². The maximum Gasteiger partial charge on any atom is 0.243 e. The molecule has 198 valence electrons. The van der Waals surface area contributed by atoms with E-state index in [0.29, 0.717) is 36.9 Å². The van der Waals surface area contributed by atoms with Gasteiger partial charge in [-0.3, -0.25) is 9.10 Å². The molecule has 1 aliphatic heterocycles. The third-order valence-corrected chi connectivity index (χ3v) is 8.56. The van der Waals surface area contributed by atoms with Crippen LogP contribution in [0.3, 0.4) is 0 Å². The van der Waals surface area contributed by atoms with Crippen LogP contribution in [-0.4, -0.2) is 72.7 Å². The fourth-order valence-electron chi connectivity index (χ4n) is 3.66. The molecule has 0 spiro atoms. The molecule has 12 heteroatoms. The lowest BCUT2D eigenvalue weighted by atomic mass is 10.3. The van der Waals surface area contributed by atoms with Gasteiger partial charge < -0.3 is 14.8 Å². The molecule has 1 aliphatic rings. The molecule has 2 aromatic carbocycles. The van der Waals surface area contributed by atoms with Crippen LogP contribution in [0.25, 0.3) is 0 Å². The largest absolute Gasteiger partial charge is 0.494 e. The van der Waals surface area contributed by atoms with Crippen molar-refractivity contribution in [2.45, 2.75) is 31.1 Å². The topological polar surface area (TPSA) is 122 Å². The van der Waals surface area contributed by atoms with Crippen molar-refractivity contribution in [1.82, 2.24) is 9.62 Å². The summed E-state index contributed by atoms with van der Waals surface area (Å²) in [5.74, 6) is 0.604. The molecular weight excluding hydrogens is 506 g/mol. The number of hydrogen-bond acceptors (Lipinski definition) is 7. The minimum absolute atomic E-state index is 0.131. The van der Waals surface area contributed by atoms with E-state index in [0.717, 1.165) is 29.8 Å². The van der Waals surface area contributed by atoms with E-state index in [1.807, 2.05) is 6.92 Å². The first-order valence-electron chi connectivity index (χ1n) is 11.8. The van der Waals surface area contributed by atoms with Crippen LogP contribution in [0.5, 0.6) is 11.5 Å². The molecule has 0 aliphatic carbocycles. The first-order chi connectivity index (χ1) is 17.1. The molecule has 3 rings (SSSR count). The number of amides is 1. The number of carbonyl (C=O) groups excluding carboxylic acids is 1. The van der Waals surface area contributed by atoms with Gasteiger partial charge in [0.05, 0.1) is 30.0 Å². The SMILES string of the molecule is CCCOc1ccc(N(CC(=O)NCCOc2ccc(S(=O)(=O)N3CCCC3)cc2)S(C)(=O)=O)cc1. The van der Waals surface area contributed by atoms with E-state index < -0.39 is 26.0 Å². The summed E-state index contributed by atoms with van der Waals surface area (Å²) >= 11 is 0. The van der Waals surface area contributed by atoms with Gasteiger partial charge >= 0.3 is 0 Å². The summed E-state index contributed by atoms with van der Waals surface area (Å²) in [6, 6.07) is 12.7. The molecule has 10 nitrogen and oxygen atoms in total. The van der Waals surface area contributed by atoms with Crippen molar-refractivity contribution in [3.63, 3.8) is 0 Å². The Hall–Kier alpha value is -2.83. The highest BCUT2D eigenvalue weighted by Gasteiger charge is 2.27. The second-order valence-electron chi connectivity index (χ2n) is 8.39. The number of ether oxygens (including phenoxy) is 2. The Balaban J connectivity index is 1.48. The molecule has 1 saturated heterocycles. The third kappa shape index (κ3) is 7.58. The van der Waals surface area contributed by atoms with Gasteiger partial charge in [0.1, 0.15) is 24.7 Å². The summed E-state index contributed by atoms with van der Waals surface area (Å²) in [5, 5.41) is 2.64. The third-order valence-electron chi connectivity index (χ3n) is 5.50. The molecule has 0 aromatic heterocycles. The average Bonchev–Trinajstić information content (AvgIpc) is 3.40. The van der Waals surface area contributed by atoms with E-state index in [9.17, 15) is 21.6 Å². The van der Waals surface area contributed by atoms with Crippen LogP contribution < -0.4 is 19.1 Å². The van der Waals surface area contributed by atoms with Crippen molar-refractivity contribution < 1.29 is 31.1 Å². The number of sulfonamides is 2. The number of anilines is 1. The van der Waals surface area contributed by atoms with Crippen LogP contribution in [0.4, 0.5) is 5.69 Å². The molecule has 2 aromatic rings. The zero-order chi connectivity index (χ0) is 26.2. The van der Waals surface area contributed by atoms with Gasteiger partial charge in [-0.2, -0.15) is 4.31 Å². The molecule has 1 amide bonds. The Morgan fingerprint density at radius 1 is 0.917 bits per heavy atom.